The minimum absolute atomic E-state index is 0.0271. The molecule has 0 fully saturated rings. The molecule has 1 aromatic rings. The quantitative estimate of drug-likeness (QED) is 0.798. The van der Waals surface area contributed by atoms with Gasteiger partial charge in [-0.15, -0.1) is 0 Å². The van der Waals surface area contributed by atoms with Crippen molar-refractivity contribution in [3.63, 3.8) is 0 Å². The molecule has 0 aliphatic rings. The minimum Gasteiger partial charge on any atom is -0.507 e. The van der Waals surface area contributed by atoms with Crippen LogP contribution in [0.5, 0.6) is 5.75 Å². The van der Waals surface area contributed by atoms with E-state index in [-0.39, 0.29) is 11.3 Å². The number of rotatable bonds is 1. The largest absolute Gasteiger partial charge is 0.507 e. The van der Waals surface area contributed by atoms with Crippen LogP contribution in [0, 0.1) is 13.8 Å². The normalized spacial score (nSPS) is 10.1. The van der Waals surface area contributed by atoms with E-state index in [0.717, 1.165) is 0 Å². The standard InChI is InChI=1S/C9H9BrO3/c1-4-3-6(10)5(2)8(11)7(4)9(12)13/h3,11H,1-2H3,(H,12,13). The van der Waals surface area contributed by atoms with Gasteiger partial charge in [-0.2, -0.15) is 0 Å². The Bertz CT molecular complexity index is 372. The van der Waals surface area contributed by atoms with Crippen LogP contribution in [0.1, 0.15) is 21.5 Å². The van der Waals surface area contributed by atoms with Crippen LogP contribution < -0.4 is 0 Å². The molecule has 0 unspecified atom stereocenters. The Morgan fingerprint density at radius 3 is 2.46 bits per heavy atom. The maximum Gasteiger partial charge on any atom is 0.339 e. The number of benzene rings is 1. The lowest BCUT2D eigenvalue weighted by Crippen LogP contribution is -2.01. The summed E-state index contributed by atoms with van der Waals surface area (Å²) < 4.78 is 0.715. The van der Waals surface area contributed by atoms with Gasteiger partial charge in [-0.25, -0.2) is 4.79 Å². The first-order valence-corrected chi connectivity index (χ1v) is 4.46. The minimum atomic E-state index is -1.11. The van der Waals surface area contributed by atoms with Gasteiger partial charge in [-0.05, 0) is 25.5 Å². The molecule has 1 rings (SSSR count). The van der Waals surface area contributed by atoms with E-state index < -0.39 is 5.97 Å². The molecule has 0 aliphatic heterocycles. The van der Waals surface area contributed by atoms with Crippen LogP contribution in [-0.2, 0) is 0 Å². The Labute approximate surface area is 84.1 Å². The molecule has 13 heavy (non-hydrogen) atoms. The summed E-state index contributed by atoms with van der Waals surface area (Å²) in [4.78, 5) is 10.7. The first-order valence-electron chi connectivity index (χ1n) is 3.67. The van der Waals surface area contributed by atoms with E-state index in [2.05, 4.69) is 15.9 Å². The van der Waals surface area contributed by atoms with Crippen LogP contribution >= 0.6 is 15.9 Å². The first kappa shape index (κ1) is 10.1. The molecule has 3 nitrogen and oxygen atoms in total. The van der Waals surface area contributed by atoms with Crippen LogP contribution in [0.4, 0.5) is 0 Å². The number of phenols is 1. The molecule has 0 amide bonds. The average Bonchev–Trinajstić information content (AvgIpc) is 1.99. The number of carboxylic acid groups (broad SMARTS) is 1. The highest BCUT2D eigenvalue weighted by Crippen LogP contribution is 2.31. The van der Waals surface area contributed by atoms with Crippen molar-refractivity contribution in [2.75, 3.05) is 0 Å². The second-order valence-electron chi connectivity index (χ2n) is 2.83. The van der Waals surface area contributed by atoms with Crippen molar-refractivity contribution in [2.45, 2.75) is 13.8 Å². The first-order chi connectivity index (χ1) is 5.95. The molecule has 0 radical (unpaired) electrons. The van der Waals surface area contributed by atoms with E-state index in [4.69, 9.17) is 5.11 Å². The SMILES string of the molecule is Cc1cc(Br)c(C)c(O)c1C(=O)O. The second kappa shape index (κ2) is 3.38. The van der Waals surface area contributed by atoms with Crippen LogP contribution in [0.25, 0.3) is 0 Å². The third-order valence-corrected chi connectivity index (χ3v) is 2.73. The van der Waals surface area contributed by atoms with Crippen molar-refractivity contribution >= 4 is 21.9 Å². The van der Waals surface area contributed by atoms with Gasteiger partial charge in [0.1, 0.15) is 11.3 Å². The molecule has 0 aliphatic carbocycles. The lowest BCUT2D eigenvalue weighted by atomic mass is 10.0. The maximum atomic E-state index is 10.7. The molecule has 4 heteroatoms. The molecule has 0 aromatic heterocycles. The number of carboxylic acids is 1. The summed E-state index contributed by atoms with van der Waals surface area (Å²) >= 11 is 3.23. The van der Waals surface area contributed by atoms with Gasteiger partial charge >= 0.3 is 5.97 Å². The molecular formula is C9H9BrO3. The Hall–Kier alpha value is -1.03. The fourth-order valence-electron chi connectivity index (χ4n) is 1.13. The Morgan fingerprint density at radius 2 is 2.00 bits per heavy atom. The molecule has 0 saturated carbocycles. The van der Waals surface area contributed by atoms with E-state index in [9.17, 15) is 9.90 Å². The zero-order valence-electron chi connectivity index (χ0n) is 7.26. The van der Waals surface area contributed by atoms with Crippen LogP contribution in [-0.4, -0.2) is 16.2 Å². The van der Waals surface area contributed by atoms with Gasteiger partial charge in [0, 0.05) is 10.0 Å². The number of halogens is 1. The van der Waals surface area contributed by atoms with Crippen molar-refractivity contribution in [2.24, 2.45) is 0 Å². The maximum absolute atomic E-state index is 10.7. The summed E-state index contributed by atoms with van der Waals surface area (Å²) in [6.45, 7) is 3.30. The van der Waals surface area contributed by atoms with Gasteiger partial charge in [-0.3, -0.25) is 0 Å². The fourth-order valence-corrected chi connectivity index (χ4v) is 1.66. The summed E-state index contributed by atoms with van der Waals surface area (Å²) in [5.74, 6) is -1.27. The molecular weight excluding hydrogens is 236 g/mol. The van der Waals surface area contributed by atoms with Crippen molar-refractivity contribution in [1.29, 1.82) is 0 Å². The molecule has 1 aromatic carbocycles. The molecule has 0 atom stereocenters. The predicted octanol–water partition coefficient (Wildman–Crippen LogP) is 2.47. The van der Waals surface area contributed by atoms with Gasteiger partial charge in [-0.1, -0.05) is 15.9 Å². The third-order valence-electron chi connectivity index (χ3n) is 1.90. The molecule has 0 saturated heterocycles. The number of carbonyl (C=O) groups is 1. The van der Waals surface area contributed by atoms with Gasteiger partial charge < -0.3 is 10.2 Å². The van der Waals surface area contributed by atoms with Crippen molar-refractivity contribution in [3.8, 4) is 5.75 Å². The molecule has 0 bridgehead atoms. The van der Waals surface area contributed by atoms with E-state index in [0.29, 0.717) is 15.6 Å². The van der Waals surface area contributed by atoms with Gasteiger partial charge in [0.05, 0.1) is 0 Å². The summed E-state index contributed by atoms with van der Waals surface area (Å²) in [5.41, 5.74) is 1.06. The molecule has 0 heterocycles. The van der Waals surface area contributed by atoms with Crippen molar-refractivity contribution in [3.05, 3.63) is 27.2 Å². The number of hydrogen-bond acceptors (Lipinski definition) is 2. The molecule has 0 spiro atoms. The average molecular weight is 245 g/mol. The zero-order chi connectivity index (χ0) is 10.2. The van der Waals surface area contributed by atoms with Gasteiger partial charge in [0.25, 0.3) is 0 Å². The van der Waals surface area contributed by atoms with E-state index in [1.54, 1.807) is 19.9 Å². The lowest BCUT2D eigenvalue weighted by molar-refractivity contribution is 0.0692. The predicted molar refractivity (Wildman–Crippen MR) is 52.2 cm³/mol. The Morgan fingerprint density at radius 1 is 1.46 bits per heavy atom. The Balaban J connectivity index is 3.53. The highest BCUT2D eigenvalue weighted by atomic mass is 79.9. The third kappa shape index (κ3) is 1.67. The van der Waals surface area contributed by atoms with Gasteiger partial charge in [0.15, 0.2) is 0 Å². The number of aryl methyl sites for hydroxylation is 1. The highest BCUT2D eigenvalue weighted by Gasteiger charge is 2.16. The van der Waals surface area contributed by atoms with Crippen LogP contribution in [0.2, 0.25) is 0 Å². The second-order valence-corrected chi connectivity index (χ2v) is 3.68. The van der Waals surface area contributed by atoms with Gasteiger partial charge in [0.2, 0.25) is 0 Å². The van der Waals surface area contributed by atoms with Crippen molar-refractivity contribution < 1.29 is 15.0 Å². The summed E-state index contributed by atoms with van der Waals surface area (Å²) in [5, 5.41) is 18.3. The monoisotopic (exact) mass is 244 g/mol. The highest BCUT2D eigenvalue weighted by molar-refractivity contribution is 9.10. The van der Waals surface area contributed by atoms with Crippen LogP contribution in [0.15, 0.2) is 10.5 Å². The number of hydrogen-bond donors (Lipinski definition) is 2. The van der Waals surface area contributed by atoms with E-state index in [1.165, 1.54) is 0 Å². The fraction of sp³-hybridized carbons (Fsp3) is 0.222. The zero-order valence-corrected chi connectivity index (χ0v) is 8.84. The van der Waals surface area contributed by atoms with E-state index >= 15 is 0 Å². The molecule has 2 N–H and O–H groups in total. The lowest BCUT2D eigenvalue weighted by Gasteiger charge is -2.08. The summed E-state index contributed by atoms with van der Waals surface area (Å²) in [6.07, 6.45) is 0. The summed E-state index contributed by atoms with van der Waals surface area (Å²) in [7, 11) is 0. The van der Waals surface area contributed by atoms with E-state index in [1.807, 2.05) is 0 Å². The topological polar surface area (TPSA) is 57.5 Å². The molecule has 70 valence electrons. The number of aromatic hydroxyl groups is 1. The Kier molecular flexibility index (Phi) is 2.61. The number of aromatic carboxylic acids is 1. The smallest absolute Gasteiger partial charge is 0.339 e. The summed E-state index contributed by atoms with van der Waals surface area (Å²) in [6, 6.07) is 1.68. The van der Waals surface area contributed by atoms with Crippen molar-refractivity contribution in [1.82, 2.24) is 0 Å². The van der Waals surface area contributed by atoms with Crippen LogP contribution in [0.3, 0.4) is 0 Å².